The molecule has 0 spiro atoms. The van der Waals surface area contributed by atoms with Crippen molar-refractivity contribution in [2.45, 2.75) is 0 Å². The second kappa shape index (κ2) is 5.42. The Morgan fingerprint density at radius 2 is 1.67 bits per heavy atom. The molecule has 0 heterocycles. The molecule has 0 unspecified atom stereocenters. The standard InChI is InChI=1S/C14H10Cl2O2/c1-18-14(17)11-7-4-6-10(13(11)16)9-5-2-3-8-12(9)15/h2-8H,1H3. The van der Waals surface area contributed by atoms with Crippen LogP contribution in [0.1, 0.15) is 10.4 Å². The van der Waals surface area contributed by atoms with Crippen molar-refractivity contribution in [2.24, 2.45) is 0 Å². The number of rotatable bonds is 2. The monoisotopic (exact) mass is 280 g/mol. The lowest BCUT2D eigenvalue weighted by Crippen LogP contribution is -2.02. The SMILES string of the molecule is COC(=O)c1cccc(-c2ccccc2Cl)c1Cl. The highest BCUT2D eigenvalue weighted by Crippen LogP contribution is 2.35. The van der Waals surface area contributed by atoms with Gasteiger partial charge >= 0.3 is 5.97 Å². The third-order valence-electron chi connectivity index (χ3n) is 2.57. The lowest BCUT2D eigenvalue weighted by Gasteiger charge is -2.09. The van der Waals surface area contributed by atoms with Gasteiger partial charge in [-0.2, -0.15) is 0 Å². The Bertz CT molecular complexity index is 594. The van der Waals surface area contributed by atoms with Gasteiger partial charge in [-0.1, -0.05) is 53.5 Å². The molecule has 0 aliphatic heterocycles. The van der Waals surface area contributed by atoms with E-state index in [1.165, 1.54) is 7.11 Å². The summed E-state index contributed by atoms with van der Waals surface area (Å²) in [4.78, 5) is 11.6. The fraction of sp³-hybridized carbons (Fsp3) is 0.0714. The minimum atomic E-state index is -0.464. The van der Waals surface area contributed by atoms with E-state index in [-0.39, 0.29) is 0 Å². The molecule has 0 aliphatic carbocycles. The van der Waals surface area contributed by atoms with Crippen LogP contribution in [0.2, 0.25) is 10.0 Å². The second-order valence-electron chi connectivity index (χ2n) is 3.64. The van der Waals surface area contributed by atoms with E-state index in [9.17, 15) is 4.79 Å². The third-order valence-corrected chi connectivity index (χ3v) is 3.30. The van der Waals surface area contributed by atoms with Gasteiger partial charge in [0.05, 0.1) is 17.7 Å². The first-order valence-corrected chi connectivity index (χ1v) is 6.02. The Balaban J connectivity index is 2.60. The van der Waals surface area contributed by atoms with Gasteiger partial charge in [-0.05, 0) is 12.1 Å². The summed E-state index contributed by atoms with van der Waals surface area (Å²) in [6.45, 7) is 0. The fourth-order valence-electron chi connectivity index (χ4n) is 1.69. The molecule has 0 N–H and O–H groups in total. The molecule has 0 amide bonds. The van der Waals surface area contributed by atoms with Crippen molar-refractivity contribution < 1.29 is 9.53 Å². The topological polar surface area (TPSA) is 26.3 Å². The molecule has 0 radical (unpaired) electrons. The van der Waals surface area contributed by atoms with Crippen LogP contribution in [0.3, 0.4) is 0 Å². The van der Waals surface area contributed by atoms with Crippen LogP contribution in [0.4, 0.5) is 0 Å². The van der Waals surface area contributed by atoms with Gasteiger partial charge in [0.1, 0.15) is 0 Å². The Labute approximate surface area is 115 Å². The van der Waals surface area contributed by atoms with Gasteiger partial charge < -0.3 is 4.74 Å². The molecule has 0 atom stereocenters. The average molecular weight is 281 g/mol. The molecule has 0 saturated heterocycles. The average Bonchev–Trinajstić information content (AvgIpc) is 2.39. The zero-order chi connectivity index (χ0) is 13.1. The van der Waals surface area contributed by atoms with Gasteiger partial charge in [0.25, 0.3) is 0 Å². The highest BCUT2D eigenvalue weighted by Gasteiger charge is 2.15. The molecule has 0 aromatic heterocycles. The maximum absolute atomic E-state index is 11.6. The van der Waals surface area contributed by atoms with Crippen molar-refractivity contribution >= 4 is 29.2 Å². The molecule has 0 bridgehead atoms. The van der Waals surface area contributed by atoms with E-state index in [0.29, 0.717) is 21.2 Å². The van der Waals surface area contributed by atoms with E-state index in [1.807, 2.05) is 24.3 Å². The molecule has 2 aromatic carbocycles. The predicted octanol–water partition coefficient (Wildman–Crippen LogP) is 4.45. The van der Waals surface area contributed by atoms with Crippen molar-refractivity contribution in [3.8, 4) is 11.1 Å². The van der Waals surface area contributed by atoms with Crippen molar-refractivity contribution in [2.75, 3.05) is 7.11 Å². The van der Waals surface area contributed by atoms with E-state index < -0.39 is 5.97 Å². The van der Waals surface area contributed by atoms with Crippen molar-refractivity contribution in [1.29, 1.82) is 0 Å². The number of benzene rings is 2. The number of carbonyl (C=O) groups is 1. The van der Waals surface area contributed by atoms with Gasteiger partial charge in [0, 0.05) is 16.1 Å². The molecule has 92 valence electrons. The lowest BCUT2D eigenvalue weighted by molar-refractivity contribution is 0.0601. The third kappa shape index (κ3) is 2.35. The van der Waals surface area contributed by atoms with Crippen molar-refractivity contribution in [3.63, 3.8) is 0 Å². The normalized spacial score (nSPS) is 10.2. The van der Waals surface area contributed by atoms with Crippen LogP contribution < -0.4 is 0 Å². The minimum Gasteiger partial charge on any atom is -0.465 e. The quantitative estimate of drug-likeness (QED) is 0.760. The largest absolute Gasteiger partial charge is 0.465 e. The molecule has 0 aliphatic rings. The summed E-state index contributed by atoms with van der Waals surface area (Å²) in [5.41, 5.74) is 1.83. The van der Waals surface area contributed by atoms with Crippen LogP contribution >= 0.6 is 23.2 Å². The number of esters is 1. The van der Waals surface area contributed by atoms with Crippen LogP contribution in [-0.4, -0.2) is 13.1 Å². The first kappa shape index (κ1) is 12.9. The maximum atomic E-state index is 11.6. The van der Waals surface area contributed by atoms with Crippen LogP contribution in [0.5, 0.6) is 0 Å². The van der Waals surface area contributed by atoms with Crippen LogP contribution in [0, 0.1) is 0 Å². The summed E-state index contributed by atoms with van der Waals surface area (Å²) in [6.07, 6.45) is 0. The molecular formula is C14H10Cl2O2. The Morgan fingerprint density at radius 3 is 2.33 bits per heavy atom. The van der Waals surface area contributed by atoms with Gasteiger partial charge in [-0.3, -0.25) is 0 Å². The number of carbonyl (C=O) groups excluding carboxylic acids is 1. The number of hydrogen-bond donors (Lipinski definition) is 0. The molecule has 0 saturated carbocycles. The summed E-state index contributed by atoms with van der Waals surface area (Å²) >= 11 is 12.4. The highest BCUT2D eigenvalue weighted by molar-refractivity contribution is 6.38. The Hall–Kier alpha value is -1.51. The molecule has 0 fully saturated rings. The highest BCUT2D eigenvalue weighted by atomic mass is 35.5. The molecule has 4 heteroatoms. The smallest absolute Gasteiger partial charge is 0.339 e. The second-order valence-corrected chi connectivity index (χ2v) is 4.42. The van der Waals surface area contributed by atoms with E-state index >= 15 is 0 Å². The van der Waals surface area contributed by atoms with Crippen LogP contribution in [-0.2, 0) is 4.74 Å². The Morgan fingerprint density at radius 1 is 1.00 bits per heavy atom. The van der Waals surface area contributed by atoms with E-state index in [1.54, 1.807) is 18.2 Å². The fourth-order valence-corrected chi connectivity index (χ4v) is 2.23. The summed E-state index contributed by atoms with van der Waals surface area (Å²) in [5.74, 6) is -0.464. The van der Waals surface area contributed by atoms with Gasteiger partial charge in [0.2, 0.25) is 0 Å². The van der Waals surface area contributed by atoms with E-state index in [4.69, 9.17) is 23.2 Å². The molecule has 2 rings (SSSR count). The van der Waals surface area contributed by atoms with Gasteiger partial charge in [-0.25, -0.2) is 4.79 Å². The number of hydrogen-bond acceptors (Lipinski definition) is 2. The first-order chi connectivity index (χ1) is 8.65. The summed E-state index contributed by atoms with van der Waals surface area (Å²) in [6, 6.07) is 12.5. The minimum absolute atomic E-state index is 0.330. The zero-order valence-corrected chi connectivity index (χ0v) is 11.1. The lowest BCUT2D eigenvalue weighted by atomic mass is 10.0. The Kier molecular flexibility index (Phi) is 3.90. The molecule has 2 aromatic rings. The summed E-state index contributed by atoms with van der Waals surface area (Å²) < 4.78 is 4.68. The first-order valence-electron chi connectivity index (χ1n) is 5.27. The summed E-state index contributed by atoms with van der Waals surface area (Å²) in [5, 5.41) is 0.930. The van der Waals surface area contributed by atoms with E-state index in [2.05, 4.69) is 4.74 Å². The number of ether oxygens (including phenoxy) is 1. The number of halogens is 2. The van der Waals surface area contributed by atoms with Crippen molar-refractivity contribution in [3.05, 3.63) is 58.1 Å². The molecule has 18 heavy (non-hydrogen) atoms. The van der Waals surface area contributed by atoms with Gasteiger partial charge in [0.15, 0.2) is 0 Å². The molecule has 2 nitrogen and oxygen atoms in total. The summed E-state index contributed by atoms with van der Waals surface area (Å²) in [7, 11) is 1.32. The predicted molar refractivity (Wildman–Crippen MR) is 73.2 cm³/mol. The van der Waals surface area contributed by atoms with Crippen LogP contribution in [0.25, 0.3) is 11.1 Å². The van der Waals surface area contributed by atoms with Crippen molar-refractivity contribution in [1.82, 2.24) is 0 Å². The van der Waals surface area contributed by atoms with Crippen LogP contribution in [0.15, 0.2) is 42.5 Å². The van der Waals surface area contributed by atoms with E-state index in [0.717, 1.165) is 5.56 Å². The van der Waals surface area contributed by atoms with Gasteiger partial charge in [-0.15, -0.1) is 0 Å². The molecular weight excluding hydrogens is 271 g/mol. The maximum Gasteiger partial charge on any atom is 0.339 e. The zero-order valence-electron chi connectivity index (χ0n) is 9.61. The number of methoxy groups -OCH3 is 1.